The normalized spacial score (nSPS) is 21.8. The number of carbonyl (C=O) groups excluding carboxylic acids is 1. The highest BCUT2D eigenvalue weighted by Gasteiger charge is 2.49. The van der Waals surface area contributed by atoms with Gasteiger partial charge in [-0.2, -0.15) is 5.10 Å². The molecule has 1 unspecified atom stereocenters. The summed E-state index contributed by atoms with van der Waals surface area (Å²) in [6.07, 6.45) is 4.41. The molecule has 1 aromatic carbocycles. The molecule has 1 spiro atoms. The van der Waals surface area contributed by atoms with Crippen molar-refractivity contribution in [2.24, 2.45) is 0 Å². The number of halogens is 1. The molecule has 1 aromatic heterocycles. The van der Waals surface area contributed by atoms with Crippen LogP contribution in [0.2, 0.25) is 0 Å². The molecule has 144 valence electrons. The number of para-hydroxylation sites is 1. The Labute approximate surface area is 158 Å². The summed E-state index contributed by atoms with van der Waals surface area (Å²) in [4.78, 5) is 14.8. The van der Waals surface area contributed by atoms with Crippen molar-refractivity contribution in [2.75, 3.05) is 18.4 Å². The summed E-state index contributed by atoms with van der Waals surface area (Å²) in [5.74, 6) is -0.126. The fourth-order valence-corrected chi connectivity index (χ4v) is 4.60. The summed E-state index contributed by atoms with van der Waals surface area (Å²) in [5.41, 5.74) is 0.737. The van der Waals surface area contributed by atoms with Crippen molar-refractivity contribution in [3.63, 3.8) is 0 Å². The summed E-state index contributed by atoms with van der Waals surface area (Å²) in [7, 11) is 0. The lowest BCUT2D eigenvalue weighted by molar-refractivity contribution is -0.118. The number of carbonyl (C=O) groups is 1. The van der Waals surface area contributed by atoms with E-state index in [0.717, 1.165) is 32.2 Å². The van der Waals surface area contributed by atoms with Crippen molar-refractivity contribution in [3.05, 3.63) is 41.8 Å². The molecule has 7 heteroatoms. The number of aliphatic hydroxyl groups excluding tert-OH is 1. The molecule has 4 rings (SSSR count). The van der Waals surface area contributed by atoms with E-state index in [2.05, 4.69) is 15.3 Å². The van der Waals surface area contributed by atoms with Crippen LogP contribution < -0.4 is 5.32 Å². The molecule has 2 aromatic rings. The molecular weight excluding hydrogens is 347 g/mol. The average molecular weight is 372 g/mol. The molecule has 2 heterocycles. The van der Waals surface area contributed by atoms with E-state index >= 15 is 0 Å². The molecule has 1 atom stereocenters. The highest BCUT2D eigenvalue weighted by molar-refractivity contribution is 5.92. The van der Waals surface area contributed by atoms with E-state index in [-0.39, 0.29) is 24.1 Å². The van der Waals surface area contributed by atoms with Crippen LogP contribution in [0.25, 0.3) is 5.69 Å². The van der Waals surface area contributed by atoms with Gasteiger partial charge in [0.25, 0.3) is 0 Å². The molecule has 2 N–H and O–H groups in total. The minimum Gasteiger partial charge on any atom is -0.391 e. The van der Waals surface area contributed by atoms with Crippen LogP contribution in [0.4, 0.5) is 10.2 Å². The van der Waals surface area contributed by atoms with Gasteiger partial charge in [0.05, 0.1) is 18.3 Å². The maximum absolute atomic E-state index is 14.2. The van der Waals surface area contributed by atoms with Crippen LogP contribution >= 0.6 is 0 Å². The van der Waals surface area contributed by atoms with Gasteiger partial charge in [-0.15, -0.1) is 0 Å². The second-order valence-electron chi connectivity index (χ2n) is 7.62. The van der Waals surface area contributed by atoms with Crippen molar-refractivity contribution in [3.8, 4) is 5.69 Å². The van der Waals surface area contributed by atoms with Gasteiger partial charge in [0.2, 0.25) is 5.91 Å². The van der Waals surface area contributed by atoms with E-state index in [1.165, 1.54) is 10.7 Å². The first-order chi connectivity index (χ1) is 13.0. The Balaban J connectivity index is 1.52. The topological polar surface area (TPSA) is 70.4 Å². The van der Waals surface area contributed by atoms with Gasteiger partial charge < -0.3 is 10.4 Å². The zero-order valence-electron chi connectivity index (χ0n) is 15.5. The Morgan fingerprint density at radius 2 is 2.11 bits per heavy atom. The van der Waals surface area contributed by atoms with Gasteiger partial charge in [0.1, 0.15) is 17.3 Å². The lowest BCUT2D eigenvalue weighted by Crippen LogP contribution is -2.50. The van der Waals surface area contributed by atoms with Gasteiger partial charge in [-0.25, -0.2) is 9.07 Å². The molecule has 2 aliphatic rings. The number of nitrogens with zero attached hydrogens (tertiary/aromatic N) is 3. The lowest BCUT2D eigenvalue weighted by Gasteiger charge is -2.36. The van der Waals surface area contributed by atoms with Crippen LogP contribution in [-0.4, -0.2) is 50.4 Å². The number of amides is 1. The molecular formula is C20H25FN4O2. The first-order valence-electron chi connectivity index (χ1n) is 9.54. The molecule has 1 amide bonds. The molecule has 6 nitrogen and oxygen atoms in total. The second kappa shape index (κ2) is 7.05. The van der Waals surface area contributed by atoms with Crippen molar-refractivity contribution >= 4 is 11.7 Å². The third-order valence-corrected chi connectivity index (χ3v) is 5.91. The van der Waals surface area contributed by atoms with Crippen LogP contribution in [-0.2, 0) is 4.79 Å². The van der Waals surface area contributed by atoms with Gasteiger partial charge >= 0.3 is 0 Å². The van der Waals surface area contributed by atoms with Gasteiger partial charge in [-0.1, -0.05) is 25.0 Å². The van der Waals surface area contributed by atoms with E-state index in [9.17, 15) is 14.3 Å². The zero-order chi connectivity index (χ0) is 19.0. The third-order valence-electron chi connectivity index (χ3n) is 5.91. The first-order valence-corrected chi connectivity index (χ1v) is 9.54. The van der Waals surface area contributed by atoms with E-state index in [0.29, 0.717) is 23.6 Å². The summed E-state index contributed by atoms with van der Waals surface area (Å²) < 4.78 is 15.6. The average Bonchev–Trinajstić information content (AvgIpc) is 3.33. The smallest absolute Gasteiger partial charge is 0.239 e. The number of aromatic nitrogens is 2. The summed E-state index contributed by atoms with van der Waals surface area (Å²) in [6, 6.07) is 8.08. The number of aliphatic hydroxyl groups is 1. The molecule has 0 radical (unpaired) electrons. The highest BCUT2D eigenvalue weighted by Crippen LogP contribution is 2.43. The van der Waals surface area contributed by atoms with Crippen LogP contribution in [0.1, 0.15) is 37.8 Å². The predicted molar refractivity (Wildman–Crippen MR) is 100 cm³/mol. The quantitative estimate of drug-likeness (QED) is 0.866. The molecule has 1 saturated carbocycles. The van der Waals surface area contributed by atoms with Crippen molar-refractivity contribution in [1.29, 1.82) is 0 Å². The molecule has 1 aliphatic heterocycles. The minimum absolute atomic E-state index is 0.173. The Morgan fingerprint density at radius 3 is 2.85 bits per heavy atom. The molecule has 27 heavy (non-hydrogen) atoms. The zero-order valence-corrected chi connectivity index (χ0v) is 15.5. The first kappa shape index (κ1) is 18.1. The number of likely N-dealkylation sites (tertiary alicyclic amines) is 1. The van der Waals surface area contributed by atoms with Crippen molar-refractivity contribution in [2.45, 2.75) is 50.7 Å². The summed E-state index contributed by atoms with van der Waals surface area (Å²) in [6.45, 7) is 2.75. The maximum atomic E-state index is 14.2. The van der Waals surface area contributed by atoms with Crippen molar-refractivity contribution in [1.82, 2.24) is 14.7 Å². The van der Waals surface area contributed by atoms with E-state index in [1.807, 2.05) is 0 Å². The molecule has 2 fully saturated rings. The number of benzene rings is 1. The van der Waals surface area contributed by atoms with Crippen LogP contribution in [0.5, 0.6) is 0 Å². The minimum atomic E-state index is -0.399. The highest BCUT2D eigenvalue weighted by atomic mass is 19.1. The van der Waals surface area contributed by atoms with E-state index < -0.39 is 5.82 Å². The van der Waals surface area contributed by atoms with Crippen LogP contribution in [0.15, 0.2) is 30.3 Å². The Bertz CT molecular complexity index is 844. The third kappa shape index (κ3) is 3.26. The fraction of sp³-hybridized carbons (Fsp3) is 0.500. The monoisotopic (exact) mass is 372 g/mol. The van der Waals surface area contributed by atoms with E-state index in [4.69, 9.17) is 0 Å². The van der Waals surface area contributed by atoms with Gasteiger partial charge in [0.15, 0.2) is 0 Å². The molecule has 1 aliphatic carbocycles. The Hall–Kier alpha value is -2.25. The van der Waals surface area contributed by atoms with Crippen LogP contribution in [0, 0.1) is 12.7 Å². The number of rotatable bonds is 4. The largest absolute Gasteiger partial charge is 0.391 e. The summed E-state index contributed by atoms with van der Waals surface area (Å²) >= 11 is 0. The SMILES string of the molecule is Cc1cc(NC(=O)CN2CCC(O)C23CCCC3)n(-c2ccccc2F)n1. The lowest BCUT2D eigenvalue weighted by atomic mass is 9.91. The molecule has 1 saturated heterocycles. The Kier molecular flexibility index (Phi) is 4.74. The van der Waals surface area contributed by atoms with E-state index in [1.54, 1.807) is 31.2 Å². The van der Waals surface area contributed by atoms with Gasteiger partial charge in [-0.05, 0) is 38.3 Å². The van der Waals surface area contributed by atoms with Gasteiger partial charge in [-0.3, -0.25) is 9.69 Å². The molecule has 0 bridgehead atoms. The maximum Gasteiger partial charge on any atom is 0.239 e. The number of aryl methyl sites for hydroxylation is 1. The number of hydrogen-bond acceptors (Lipinski definition) is 4. The summed E-state index contributed by atoms with van der Waals surface area (Å²) in [5, 5.41) is 17.6. The van der Waals surface area contributed by atoms with Crippen molar-refractivity contribution < 1.29 is 14.3 Å². The fourth-order valence-electron chi connectivity index (χ4n) is 4.60. The van der Waals surface area contributed by atoms with Gasteiger partial charge in [0, 0.05) is 18.2 Å². The Morgan fingerprint density at radius 1 is 1.37 bits per heavy atom. The van der Waals surface area contributed by atoms with Crippen LogP contribution in [0.3, 0.4) is 0 Å². The second-order valence-corrected chi connectivity index (χ2v) is 7.62. The number of anilines is 1. The predicted octanol–water partition coefficient (Wildman–Crippen LogP) is 2.64. The number of hydrogen-bond donors (Lipinski definition) is 2. The standard InChI is InChI=1S/C20H25FN4O2/c1-14-12-18(25(23-14)16-7-3-2-6-15(16)21)22-19(27)13-24-11-8-17(26)20(24)9-4-5-10-20/h2-3,6-7,12,17,26H,4-5,8-11,13H2,1H3,(H,22,27). The number of nitrogens with one attached hydrogen (secondary N) is 1.